The van der Waals surface area contributed by atoms with Crippen molar-refractivity contribution in [1.82, 2.24) is 0 Å². The van der Waals surface area contributed by atoms with E-state index >= 15 is 0 Å². The van der Waals surface area contributed by atoms with Gasteiger partial charge < -0.3 is 13.9 Å². The predicted octanol–water partition coefficient (Wildman–Crippen LogP) is 4.81. The van der Waals surface area contributed by atoms with E-state index in [9.17, 15) is 0 Å². The Morgan fingerprint density at radius 1 is 0.591 bits per heavy atom. The molecule has 2 heterocycles. The van der Waals surface area contributed by atoms with Gasteiger partial charge in [0.15, 0.2) is 5.76 Å². The molecular weight excluding hydrogens is 276 g/mol. The monoisotopic (exact) mass is 292 g/mol. The quantitative estimate of drug-likeness (QED) is 0.694. The van der Waals surface area contributed by atoms with Gasteiger partial charge in [0.25, 0.3) is 0 Å². The van der Waals surface area contributed by atoms with Gasteiger partial charge in [0.1, 0.15) is 12.2 Å². The van der Waals surface area contributed by atoms with Gasteiger partial charge in [-0.05, 0) is 23.3 Å². The summed E-state index contributed by atoms with van der Waals surface area (Å²) in [6, 6.07) is 24.0. The van der Waals surface area contributed by atoms with E-state index in [4.69, 9.17) is 13.9 Å². The van der Waals surface area contributed by atoms with Crippen LogP contribution in [0.5, 0.6) is 0 Å². The largest absolute Gasteiger partial charge is 0.464 e. The molecule has 4 rings (SSSR count). The van der Waals surface area contributed by atoms with Crippen molar-refractivity contribution in [2.75, 3.05) is 0 Å². The highest BCUT2D eigenvalue weighted by atomic mass is 16.7. The molecule has 0 radical (unpaired) electrons. The van der Waals surface area contributed by atoms with Crippen molar-refractivity contribution in [2.45, 2.75) is 18.5 Å². The summed E-state index contributed by atoms with van der Waals surface area (Å²) < 4.78 is 17.7. The first-order valence-electron chi connectivity index (χ1n) is 7.36. The molecule has 3 heteroatoms. The lowest BCUT2D eigenvalue weighted by Gasteiger charge is -2.17. The van der Waals surface area contributed by atoms with Crippen molar-refractivity contribution < 1.29 is 13.9 Å². The maximum Gasteiger partial charge on any atom is 0.218 e. The Hall–Kier alpha value is -2.36. The van der Waals surface area contributed by atoms with Crippen molar-refractivity contribution in [1.29, 1.82) is 0 Å². The van der Waals surface area contributed by atoms with Crippen LogP contribution in [-0.4, -0.2) is 0 Å². The fraction of sp³-hybridized carbons (Fsp3) is 0.158. The third kappa shape index (κ3) is 2.45. The van der Waals surface area contributed by atoms with E-state index in [2.05, 4.69) is 24.3 Å². The van der Waals surface area contributed by atoms with Crippen LogP contribution in [0.3, 0.4) is 0 Å². The van der Waals surface area contributed by atoms with Crippen LogP contribution < -0.4 is 0 Å². The lowest BCUT2D eigenvalue weighted by molar-refractivity contribution is -0.0831. The zero-order chi connectivity index (χ0) is 14.8. The van der Waals surface area contributed by atoms with Gasteiger partial charge in [-0.1, -0.05) is 60.7 Å². The van der Waals surface area contributed by atoms with Crippen molar-refractivity contribution >= 4 is 0 Å². The summed E-state index contributed by atoms with van der Waals surface area (Å²) in [4.78, 5) is 0. The first-order valence-corrected chi connectivity index (χ1v) is 7.36. The highest BCUT2D eigenvalue weighted by Crippen LogP contribution is 2.47. The Morgan fingerprint density at radius 2 is 1.14 bits per heavy atom. The van der Waals surface area contributed by atoms with Crippen LogP contribution in [0.2, 0.25) is 0 Å². The average Bonchev–Trinajstić information content (AvgIpc) is 3.26. The molecule has 3 nitrogen and oxygen atoms in total. The van der Waals surface area contributed by atoms with E-state index in [1.54, 1.807) is 6.26 Å². The topological polar surface area (TPSA) is 31.6 Å². The number of hydrogen-bond acceptors (Lipinski definition) is 3. The van der Waals surface area contributed by atoms with Gasteiger partial charge in [-0.25, -0.2) is 0 Å². The Bertz CT molecular complexity index is 659. The number of ether oxygens (including phenoxy) is 2. The molecule has 3 aromatic rings. The normalized spacial score (nSPS) is 24.5. The average molecular weight is 292 g/mol. The summed E-state index contributed by atoms with van der Waals surface area (Å²) in [5.41, 5.74) is 2.20. The van der Waals surface area contributed by atoms with Gasteiger partial charge in [0.05, 0.1) is 6.26 Å². The molecule has 0 N–H and O–H groups in total. The lowest BCUT2D eigenvalue weighted by Crippen LogP contribution is -2.06. The summed E-state index contributed by atoms with van der Waals surface area (Å²) >= 11 is 0. The molecule has 2 unspecified atom stereocenters. The minimum absolute atomic E-state index is 0.154. The SMILES string of the molecule is c1ccc(C2OC(c3ccco3)OC2c2ccccc2)cc1. The summed E-state index contributed by atoms with van der Waals surface area (Å²) in [5, 5.41) is 0. The van der Waals surface area contributed by atoms with E-state index in [0.717, 1.165) is 11.1 Å². The first kappa shape index (κ1) is 13.3. The molecule has 110 valence electrons. The molecule has 1 saturated heterocycles. The molecule has 0 aliphatic carbocycles. The minimum atomic E-state index is -0.481. The van der Waals surface area contributed by atoms with Crippen LogP contribution in [-0.2, 0) is 9.47 Å². The van der Waals surface area contributed by atoms with Crippen LogP contribution in [0.25, 0.3) is 0 Å². The summed E-state index contributed by atoms with van der Waals surface area (Å²) in [6.07, 6.45) is 0.845. The van der Waals surface area contributed by atoms with Crippen molar-refractivity contribution in [3.63, 3.8) is 0 Å². The third-order valence-corrected chi connectivity index (χ3v) is 3.85. The number of furan rings is 1. The van der Waals surface area contributed by atoms with Gasteiger partial charge in [0.2, 0.25) is 6.29 Å². The fourth-order valence-electron chi connectivity index (χ4n) is 2.79. The molecular formula is C19H16O3. The Balaban J connectivity index is 1.70. The van der Waals surface area contributed by atoms with Crippen molar-refractivity contribution in [3.05, 3.63) is 95.9 Å². The highest BCUT2D eigenvalue weighted by molar-refractivity contribution is 5.26. The summed E-state index contributed by atoms with van der Waals surface area (Å²) in [7, 11) is 0. The molecule has 0 spiro atoms. The molecule has 1 aliphatic heterocycles. The smallest absolute Gasteiger partial charge is 0.218 e. The Morgan fingerprint density at radius 3 is 1.59 bits per heavy atom. The van der Waals surface area contributed by atoms with E-state index < -0.39 is 6.29 Å². The highest BCUT2D eigenvalue weighted by Gasteiger charge is 2.39. The predicted molar refractivity (Wildman–Crippen MR) is 82.0 cm³/mol. The molecule has 0 saturated carbocycles. The van der Waals surface area contributed by atoms with Crippen LogP contribution in [0.1, 0.15) is 35.4 Å². The molecule has 22 heavy (non-hydrogen) atoms. The molecule has 1 aromatic heterocycles. The molecule has 0 amide bonds. The molecule has 1 fully saturated rings. The second-order valence-corrected chi connectivity index (χ2v) is 5.28. The van der Waals surface area contributed by atoms with Crippen molar-refractivity contribution in [2.24, 2.45) is 0 Å². The zero-order valence-electron chi connectivity index (χ0n) is 12.0. The number of rotatable bonds is 3. The fourth-order valence-corrected chi connectivity index (χ4v) is 2.79. The standard InChI is InChI=1S/C19H16O3/c1-3-8-14(9-4-1)17-18(15-10-5-2-6-11-15)22-19(21-17)16-12-7-13-20-16/h1-13,17-19H. The van der Waals surface area contributed by atoms with Crippen LogP contribution in [0, 0.1) is 0 Å². The van der Waals surface area contributed by atoms with Crippen LogP contribution in [0.15, 0.2) is 83.5 Å². The van der Waals surface area contributed by atoms with E-state index in [0.29, 0.717) is 5.76 Å². The molecule has 2 aromatic carbocycles. The maximum atomic E-state index is 6.14. The Kier molecular flexibility index (Phi) is 3.51. The molecule has 1 aliphatic rings. The number of benzene rings is 2. The van der Waals surface area contributed by atoms with Gasteiger partial charge in [-0.3, -0.25) is 0 Å². The van der Waals surface area contributed by atoms with E-state index in [-0.39, 0.29) is 12.2 Å². The zero-order valence-corrected chi connectivity index (χ0v) is 12.0. The second-order valence-electron chi connectivity index (χ2n) is 5.28. The first-order chi connectivity index (χ1) is 10.9. The van der Waals surface area contributed by atoms with Gasteiger partial charge in [0, 0.05) is 0 Å². The summed E-state index contributed by atoms with van der Waals surface area (Å²) in [6.45, 7) is 0. The number of hydrogen-bond donors (Lipinski definition) is 0. The Labute approximate surface area is 129 Å². The van der Waals surface area contributed by atoms with Crippen LogP contribution >= 0.6 is 0 Å². The van der Waals surface area contributed by atoms with Crippen LogP contribution in [0.4, 0.5) is 0 Å². The van der Waals surface area contributed by atoms with Gasteiger partial charge in [-0.2, -0.15) is 0 Å². The second kappa shape index (κ2) is 5.79. The van der Waals surface area contributed by atoms with Gasteiger partial charge in [-0.15, -0.1) is 0 Å². The van der Waals surface area contributed by atoms with E-state index in [1.165, 1.54) is 0 Å². The van der Waals surface area contributed by atoms with Gasteiger partial charge >= 0.3 is 0 Å². The van der Waals surface area contributed by atoms with E-state index in [1.807, 2.05) is 48.5 Å². The van der Waals surface area contributed by atoms with Crippen molar-refractivity contribution in [3.8, 4) is 0 Å². The minimum Gasteiger partial charge on any atom is -0.464 e. The third-order valence-electron chi connectivity index (χ3n) is 3.85. The molecule has 2 atom stereocenters. The summed E-state index contributed by atoms with van der Waals surface area (Å²) in [5.74, 6) is 0.694. The maximum absolute atomic E-state index is 6.14. The molecule has 0 bridgehead atoms. The lowest BCUT2D eigenvalue weighted by atomic mass is 9.99.